The van der Waals surface area contributed by atoms with Crippen LogP contribution in [0.1, 0.15) is 68.7 Å². The van der Waals surface area contributed by atoms with Gasteiger partial charge in [-0.05, 0) is 103 Å². The molecule has 0 unspecified atom stereocenters. The first-order valence-electron chi connectivity index (χ1n) is 28.1. The molecule has 0 aliphatic heterocycles. The predicted octanol–water partition coefficient (Wildman–Crippen LogP) is -2.59. The number of hydrogen-bond acceptors (Lipinski definition) is 17. The second-order valence-electron chi connectivity index (χ2n) is 21.3. The highest BCUT2D eigenvalue weighted by Crippen LogP contribution is 2.17. The Hall–Kier alpha value is -10.5. The molecule has 0 fully saturated rings. The highest BCUT2D eigenvalue weighted by molar-refractivity contribution is 5.98. The number of carboxylic acid groups (broad SMARTS) is 2. The topological polar surface area (TPSA) is 508 Å². The van der Waals surface area contributed by atoms with Crippen molar-refractivity contribution in [1.29, 1.82) is 0 Å². The van der Waals surface area contributed by atoms with Crippen LogP contribution in [-0.4, -0.2) is 170 Å². The fourth-order valence-electron chi connectivity index (χ4n) is 8.62. The lowest BCUT2D eigenvalue weighted by Crippen LogP contribution is -2.60. The van der Waals surface area contributed by atoms with E-state index in [1.54, 1.807) is 13.8 Å². The molecule has 89 heavy (non-hydrogen) atoms. The SMILES string of the molecule is CC(C)C[C@H](NC(=O)[C@H](Cc1ccc(O)cc1)NC(=O)CNC(=O)[C@H](CC(=O)O)NC(=O)[C@H](Cc1ccc(O)cc1)NC(=O)[C@H](Cc1ccc(O)cc1)NC(=O)[C@H](CCCN=C(N)N)NC(=O)[C@H](C)N)C(=O)NCC(=O)N[C@@H](Cc1ccc(O)cc1)C(=O)O. The number of nitrogens with one attached hydrogen (secondary N) is 9. The van der Waals surface area contributed by atoms with Gasteiger partial charge in [-0.1, -0.05) is 62.4 Å². The van der Waals surface area contributed by atoms with E-state index in [-0.39, 0.29) is 86.4 Å². The number of nitrogens with zero attached hydrogens (tertiary/aromatic N) is 1. The number of phenolic OH excluding ortho intramolecular Hbond substituents is 4. The second-order valence-corrected chi connectivity index (χ2v) is 21.3. The van der Waals surface area contributed by atoms with Crippen molar-refractivity contribution in [2.75, 3.05) is 19.6 Å². The van der Waals surface area contributed by atoms with Crippen LogP contribution in [0.5, 0.6) is 23.0 Å². The van der Waals surface area contributed by atoms with Crippen LogP contribution in [0.15, 0.2) is 102 Å². The Morgan fingerprint density at radius 3 is 1.11 bits per heavy atom. The van der Waals surface area contributed by atoms with E-state index in [1.807, 2.05) is 0 Å². The molecule has 0 heterocycles. The quantitative estimate of drug-likeness (QED) is 0.0128. The van der Waals surface area contributed by atoms with E-state index in [9.17, 15) is 83.4 Å². The summed E-state index contributed by atoms with van der Waals surface area (Å²) >= 11 is 0. The van der Waals surface area contributed by atoms with Crippen LogP contribution < -0.4 is 65.1 Å². The molecule has 9 amide bonds. The predicted molar refractivity (Wildman–Crippen MR) is 320 cm³/mol. The average molecular weight is 1240 g/mol. The van der Waals surface area contributed by atoms with E-state index < -0.39 is 133 Å². The Kier molecular flexibility index (Phi) is 28.1. The minimum atomic E-state index is -1.95. The lowest BCUT2D eigenvalue weighted by molar-refractivity contribution is -0.142. The molecule has 4 aromatic carbocycles. The number of benzene rings is 4. The van der Waals surface area contributed by atoms with Crippen molar-refractivity contribution in [2.45, 2.75) is 120 Å². The number of rotatable bonds is 35. The molecule has 0 radical (unpaired) electrons. The molecular formula is C59H77N13O17. The molecular weight excluding hydrogens is 1160 g/mol. The number of carbonyl (C=O) groups is 11. The third-order valence-electron chi connectivity index (χ3n) is 13.2. The summed E-state index contributed by atoms with van der Waals surface area (Å²) in [6.45, 7) is 3.26. The van der Waals surface area contributed by atoms with Crippen LogP contribution in [0.25, 0.3) is 0 Å². The highest BCUT2D eigenvalue weighted by atomic mass is 16.4. The van der Waals surface area contributed by atoms with E-state index in [1.165, 1.54) is 104 Å². The minimum Gasteiger partial charge on any atom is -0.508 e. The molecule has 0 saturated carbocycles. The normalized spacial score (nSPS) is 13.6. The molecule has 0 aliphatic carbocycles. The number of hydrogen-bond donors (Lipinski definition) is 18. The van der Waals surface area contributed by atoms with Crippen LogP contribution in [-0.2, 0) is 78.4 Å². The Morgan fingerprint density at radius 1 is 0.427 bits per heavy atom. The number of aliphatic carboxylic acids is 2. The van der Waals surface area contributed by atoms with Gasteiger partial charge < -0.3 is 95.7 Å². The number of amides is 9. The molecule has 8 atom stereocenters. The lowest BCUT2D eigenvalue weighted by atomic mass is 10.0. The van der Waals surface area contributed by atoms with Crippen molar-refractivity contribution in [3.05, 3.63) is 119 Å². The largest absolute Gasteiger partial charge is 0.508 e. The molecule has 21 N–H and O–H groups in total. The van der Waals surface area contributed by atoms with Crippen molar-refractivity contribution in [3.8, 4) is 23.0 Å². The van der Waals surface area contributed by atoms with E-state index in [0.29, 0.717) is 22.3 Å². The maximum atomic E-state index is 14.5. The Bertz CT molecular complexity index is 3120. The van der Waals surface area contributed by atoms with Gasteiger partial charge in [-0.3, -0.25) is 52.9 Å². The summed E-state index contributed by atoms with van der Waals surface area (Å²) < 4.78 is 0. The Balaban J connectivity index is 1.55. The Morgan fingerprint density at radius 2 is 0.753 bits per heavy atom. The summed E-state index contributed by atoms with van der Waals surface area (Å²) in [5, 5.41) is 81.2. The van der Waals surface area contributed by atoms with Crippen LogP contribution in [0.3, 0.4) is 0 Å². The highest BCUT2D eigenvalue weighted by Gasteiger charge is 2.34. The number of aromatic hydroxyl groups is 4. The van der Waals surface area contributed by atoms with Gasteiger partial charge >= 0.3 is 11.9 Å². The number of nitrogens with two attached hydrogens (primary N) is 3. The van der Waals surface area contributed by atoms with Gasteiger partial charge in [0, 0.05) is 32.2 Å². The first kappa shape index (κ1) is 71.0. The first-order chi connectivity index (χ1) is 42.0. The summed E-state index contributed by atoms with van der Waals surface area (Å²) in [6.07, 6.45) is -2.01. The number of phenols is 4. The molecule has 0 aliphatic rings. The van der Waals surface area contributed by atoms with E-state index >= 15 is 0 Å². The second kappa shape index (κ2) is 35.2. The van der Waals surface area contributed by atoms with E-state index in [4.69, 9.17) is 17.2 Å². The van der Waals surface area contributed by atoms with Crippen molar-refractivity contribution < 1.29 is 83.4 Å². The Labute approximate surface area is 511 Å². The van der Waals surface area contributed by atoms with Gasteiger partial charge in [0.25, 0.3) is 0 Å². The summed E-state index contributed by atoms with van der Waals surface area (Å²) in [5.74, 6) is -12.6. The van der Waals surface area contributed by atoms with Crippen LogP contribution >= 0.6 is 0 Å². The molecule has 30 heteroatoms. The summed E-state index contributed by atoms with van der Waals surface area (Å²) in [7, 11) is 0. The fraction of sp³-hybridized carbons (Fsp3) is 0.390. The minimum absolute atomic E-state index is 0.000862. The van der Waals surface area contributed by atoms with Crippen molar-refractivity contribution in [3.63, 3.8) is 0 Å². The molecule has 4 rings (SSSR count). The van der Waals surface area contributed by atoms with Crippen molar-refractivity contribution >= 4 is 71.1 Å². The molecule has 30 nitrogen and oxygen atoms in total. The van der Waals surface area contributed by atoms with Gasteiger partial charge in [-0.2, -0.15) is 0 Å². The summed E-state index contributed by atoms with van der Waals surface area (Å²) in [6, 6.07) is 10.3. The van der Waals surface area contributed by atoms with Gasteiger partial charge in [0.15, 0.2) is 5.96 Å². The average Bonchev–Trinajstić information content (AvgIpc) is 3.66. The third kappa shape index (κ3) is 25.9. The lowest BCUT2D eigenvalue weighted by Gasteiger charge is -2.27. The molecule has 0 bridgehead atoms. The van der Waals surface area contributed by atoms with Gasteiger partial charge in [0.05, 0.1) is 25.6 Å². The fourth-order valence-corrected chi connectivity index (χ4v) is 8.62. The third-order valence-corrected chi connectivity index (χ3v) is 13.2. The van der Waals surface area contributed by atoms with Gasteiger partial charge in [0.2, 0.25) is 53.2 Å². The number of guanidine groups is 1. The van der Waals surface area contributed by atoms with Gasteiger partial charge in [0.1, 0.15) is 65.3 Å². The summed E-state index contributed by atoms with van der Waals surface area (Å²) in [5.41, 5.74) is 18.3. The monoisotopic (exact) mass is 1240 g/mol. The van der Waals surface area contributed by atoms with Crippen molar-refractivity contribution in [1.82, 2.24) is 47.9 Å². The molecule has 4 aromatic rings. The smallest absolute Gasteiger partial charge is 0.326 e. The number of carbonyl (C=O) groups excluding carboxylic acids is 9. The molecule has 0 saturated heterocycles. The van der Waals surface area contributed by atoms with Gasteiger partial charge in [-0.15, -0.1) is 0 Å². The zero-order chi connectivity index (χ0) is 65.9. The van der Waals surface area contributed by atoms with Gasteiger partial charge in [-0.25, -0.2) is 4.79 Å². The zero-order valence-corrected chi connectivity index (χ0v) is 49.1. The zero-order valence-electron chi connectivity index (χ0n) is 49.1. The van der Waals surface area contributed by atoms with Crippen LogP contribution in [0.2, 0.25) is 0 Å². The molecule has 0 aromatic heterocycles. The van der Waals surface area contributed by atoms with Crippen LogP contribution in [0.4, 0.5) is 0 Å². The van der Waals surface area contributed by atoms with E-state index in [0.717, 1.165) is 0 Å². The molecule has 0 spiro atoms. The maximum absolute atomic E-state index is 14.5. The number of carboxylic acids is 2. The molecule has 480 valence electrons. The summed E-state index contributed by atoms with van der Waals surface area (Å²) in [4.78, 5) is 152. The first-order valence-corrected chi connectivity index (χ1v) is 28.1. The van der Waals surface area contributed by atoms with E-state index in [2.05, 4.69) is 52.8 Å². The standard InChI is InChI=1S/C59H77N13O17/c1-31(2)23-42(52(82)64-30-49(78)67-47(58(88)89)27-36-12-20-40(76)21-13-36)69-55(85)43(24-33-6-14-37(73)15-7-33)66-48(77)29-65-53(83)46(28-50(79)80)72-57(87)45(26-35-10-18-39(75)19-11-35)71-56(86)44(25-34-8-16-38(74)17-9-34)70-54(84)41(68-51(81)32(3)60)5-4-22-63-59(61)62/h6-21,31-32,41-47,73-76H,4-5,22-30,60H2,1-3H3,(H,64,82)(H,65,83)(H,66,77)(H,67,78)(H,68,81)(H,69,85)(H,70,84)(H,71,86)(H,72,87)(H,79,80)(H,88,89)(H4,61,62,63)/t32-,41-,42-,43-,44-,45-,46-,47-/m0/s1. The van der Waals surface area contributed by atoms with Crippen LogP contribution in [0, 0.1) is 5.92 Å². The number of aliphatic imine (C=N–C) groups is 1. The van der Waals surface area contributed by atoms with Crippen molar-refractivity contribution in [2.24, 2.45) is 28.1 Å². The maximum Gasteiger partial charge on any atom is 0.326 e.